The van der Waals surface area contributed by atoms with Crippen LogP contribution in [0.1, 0.15) is 30.5 Å². The fraction of sp³-hybridized carbons (Fsp3) is 0.364. The van der Waals surface area contributed by atoms with Crippen molar-refractivity contribution in [2.45, 2.75) is 25.8 Å². The van der Waals surface area contributed by atoms with E-state index in [9.17, 15) is 0 Å². The lowest BCUT2D eigenvalue weighted by Crippen LogP contribution is -2.22. The Morgan fingerprint density at radius 2 is 2.03 bits per heavy atom. The van der Waals surface area contributed by atoms with E-state index in [1.807, 2.05) is 25.1 Å². The largest absolute Gasteiger partial charge is 0.493 e. The van der Waals surface area contributed by atoms with Crippen molar-refractivity contribution in [2.24, 2.45) is 0 Å². The summed E-state index contributed by atoms with van der Waals surface area (Å²) >= 11 is 1.58. The quantitative estimate of drug-likeness (QED) is 0.586. The first-order valence-corrected chi connectivity index (χ1v) is 10.7. The molecule has 0 saturated heterocycles. The number of nitrogens with one attached hydrogen (secondary N) is 1. The molecule has 2 aromatic carbocycles. The molecule has 1 aromatic heterocycles. The predicted molar refractivity (Wildman–Crippen MR) is 115 cm³/mol. The Morgan fingerprint density at radius 3 is 2.83 bits per heavy atom. The standard InChI is InChI=1S/C22H25N3O3S/c1-3-28-19-10-7-14(13-20(19)27-2)21-24-25-22(29-21)17-6-4-5-16-15(17)8-9-18(16)23-11-12-26/h4-7,10,13,18,23,26H,3,8-9,11-12H2,1-2H3. The maximum absolute atomic E-state index is 9.11. The number of benzene rings is 2. The number of aliphatic hydroxyl groups is 1. The molecule has 1 heterocycles. The second kappa shape index (κ2) is 8.90. The second-order valence-electron chi connectivity index (χ2n) is 6.85. The third-order valence-corrected chi connectivity index (χ3v) is 6.14. The van der Waals surface area contributed by atoms with Crippen LogP contribution in [0.4, 0.5) is 0 Å². The minimum absolute atomic E-state index is 0.150. The number of methoxy groups -OCH3 is 1. The molecule has 152 valence electrons. The van der Waals surface area contributed by atoms with Crippen molar-refractivity contribution in [3.05, 3.63) is 47.5 Å². The van der Waals surface area contributed by atoms with Crippen LogP contribution in [0.3, 0.4) is 0 Å². The molecule has 1 atom stereocenters. The minimum Gasteiger partial charge on any atom is -0.493 e. The van der Waals surface area contributed by atoms with Gasteiger partial charge in [-0.15, -0.1) is 10.2 Å². The summed E-state index contributed by atoms with van der Waals surface area (Å²) in [5.74, 6) is 1.42. The highest BCUT2D eigenvalue weighted by Gasteiger charge is 2.25. The van der Waals surface area contributed by atoms with E-state index in [4.69, 9.17) is 14.6 Å². The summed E-state index contributed by atoms with van der Waals surface area (Å²) in [6.45, 7) is 3.30. The fourth-order valence-corrected chi connectivity index (χ4v) is 4.72. The number of aromatic nitrogens is 2. The van der Waals surface area contributed by atoms with Gasteiger partial charge in [-0.25, -0.2) is 0 Å². The van der Waals surface area contributed by atoms with Gasteiger partial charge in [0.1, 0.15) is 10.0 Å². The lowest BCUT2D eigenvalue weighted by Gasteiger charge is -2.13. The van der Waals surface area contributed by atoms with Gasteiger partial charge in [0.25, 0.3) is 0 Å². The molecule has 1 aliphatic rings. The van der Waals surface area contributed by atoms with Crippen LogP contribution in [0.15, 0.2) is 36.4 Å². The van der Waals surface area contributed by atoms with Crippen molar-refractivity contribution in [1.29, 1.82) is 0 Å². The highest BCUT2D eigenvalue weighted by molar-refractivity contribution is 7.17. The first kappa shape index (κ1) is 19.8. The molecule has 0 amide bonds. The van der Waals surface area contributed by atoms with Gasteiger partial charge in [-0.3, -0.25) is 0 Å². The Bertz CT molecular complexity index is 989. The van der Waals surface area contributed by atoms with Crippen molar-refractivity contribution < 1.29 is 14.6 Å². The van der Waals surface area contributed by atoms with Crippen LogP contribution in [-0.4, -0.2) is 42.2 Å². The number of nitrogens with zero attached hydrogens (tertiary/aromatic N) is 2. The Balaban J connectivity index is 1.63. The maximum atomic E-state index is 9.11. The van der Waals surface area contributed by atoms with Crippen molar-refractivity contribution in [1.82, 2.24) is 15.5 Å². The van der Waals surface area contributed by atoms with Gasteiger partial charge >= 0.3 is 0 Å². The highest BCUT2D eigenvalue weighted by Crippen LogP contribution is 2.40. The molecule has 0 saturated carbocycles. The monoisotopic (exact) mass is 411 g/mol. The van der Waals surface area contributed by atoms with E-state index in [0.29, 0.717) is 24.9 Å². The summed E-state index contributed by atoms with van der Waals surface area (Å²) in [5.41, 5.74) is 4.74. The molecule has 1 aliphatic carbocycles. The zero-order valence-electron chi connectivity index (χ0n) is 16.6. The fourth-order valence-electron chi connectivity index (χ4n) is 3.83. The third kappa shape index (κ3) is 3.99. The summed E-state index contributed by atoms with van der Waals surface area (Å²) < 4.78 is 11.1. The van der Waals surface area contributed by atoms with Crippen molar-refractivity contribution in [3.63, 3.8) is 0 Å². The van der Waals surface area contributed by atoms with Gasteiger partial charge in [0.2, 0.25) is 0 Å². The Morgan fingerprint density at radius 1 is 1.17 bits per heavy atom. The van der Waals surface area contributed by atoms with Gasteiger partial charge in [-0.2, -0.15) is 0 Å². The average Bonchev–Trinajstić information content (AvgIpc) is 3.40. The van der Waals surface area contributed by atoms with Crippen LogP contribution in [0.2, 0.25) is 0 Å². The van der Waals surface area contributed by atoms with Crippen LogP contribution in [0, 0.1) is 0 Å². The van der Waals surface area contributed by atoms with Gasteiger partial charge in [0, 0.05) is 23.7 Å². The zero-order valence-corrected chi connectivity index (χ0v) is 17.5. The first-order chi connectivity index (χ1) is 14.2. The van der Waals surface area contributed by atoms with Gasteiger partial charge < -0.3 is 19.9 Å². The Kier molecular flexibility index (Phi) is 6.08. The molecule has 29 heavy (non-hydrogen) atoms. The summed E-state index contributed by atoms with van der Waals surface area (Å²) in [7, 11) is 1.64. The van der Waals surface area contributed by atoms with E-state index in [2.05, 4.69) is 33.7 Å². The molecular formula is C22H25N3O3S. The maximum Gasteiger partial charge on any atom is 0.161 e. The SMILES string of the molecule is CCOc1ccc(-c2nnc(-c3cccc4c3CCC4NCCO)s2)cc1OC. The molecular weight excluding hydrogens is 386 g/mol. The molecule has 0 spiro atoms. The van der Waals surface area contributed by atoms with Gasteiger partial charge in [-0.1, -0.05) is 29.5 Å². The predicted octanol–water partition coefficient (Wildman–Crippen LogP) is 3.85. The summed E-state index contributed by atoms with van der Waals surface area (Å²) in [6, 6.07) is 12.5. The molecule has 0 aliphatic heterocycles. The summed E-state index contributed by atoms with van der Waals surface area (Å²) in [5, 5.41) is 23.2. The normalized spacial score (nSPS) is 15.3. The van der Waals surface area contributed by atoms with Crippen LogP contribution >= 0.6 is 11.3 Å². The van der Waals surface area contributed by atoms with Crippen molar-refractivity contribution in [2.75, 3.05) is 26.9 Å². The van der Waals surface area contributed by atoms with Gasteiger partial charge in [0.05, 0.1) is 20.3 Å². The smallest absolute Gasteiger partial charge is 0.161 e. The number of fused-ring (bicyclic) bond motifs is 1. The number of aliphatic hydroxyl groups excluding tert-OH is 1. The van der Waals surface area contributed by atoms with Crippen LogP contribution < -0.4 is 14.8 Å². The molecule has 7 heteroatoms. The molecule has 0 radical (unpaired) electrons. The van der Waals surface area contributed by atoms with E-state index >= 15 is 0 Å². The minimum atomic E-state index is 0.150. The number of rotatable bonds is 8. The molecule has 6 nitrogen and oxygen atoms in total. The van der Waals surface area contributed by atoms with E-state index in [0.717, 1.165) is 39.7 Å². The molecule has 1 unspecified atom stereocenters. The van der Waals surface area contributed by atoms with Crippen LogP contribution in [0.25, 0.3) is 21.1 Å². The van der Waals surface area contributed by atoms with Gasteiger partial charge in [-0.05, 0) is 49.1 Å². The average molecular weight is 412 g/mol. The molecule has 0 bridgehead atoms. The van der Waals surface area contributed by atoms with Crippen LogP contribution in [0.5, 0.6) is 11.5 Å². The van der Waals surface area contributed by atoms with E-state index in [1.54, 1.807) is 18.4 Å². The van der Waals surface area contributed by atoms with Crippen molar-refractivity contribution >= 4 is 11.3 Å². The van der Waals surface area contributed by atoms with Crippen LogP contribution in [-0.2, 0) is 6.42 Å². The number of ether oxygens (including phenoxy) is 2. The Labute approximate surface area is 174 Å². The van der Waals surface area contributed by atoms with E-state index < -0.39 is 0 Å². The van der Waals surface area contributed by atoms with Gasteiger partial charge in [0.15, 0.2) is 11.5 Å². The molecule has 4 rings (SSSR count). The topological polar surface area (TPSA) is 76.5 Å². The summed E-state index contributed by atoms with van der Waals surface area (Å²) in [6.07, 6.45) is 2.04. The number of hydrogen-bond donors (Lipinski definition) is 2. The van der Waals surface area contributed by atoms with Crippen molar-refractivity contribution in [3.8, 4) is 32.6 Å². The summed E-state index contributed by atoms with van der Waals surface area (Å²) in [4.78, 5) is 0. The lowest BCUT2D eigenvalue weighted by molar-refractivity contribution is 0.284. The van der Waals surface area contributed by atoms with E-state index in [-0.39, 0.29) is 6.61 Å². The third-order valence-electron chi connectivity index (χ3n) is 5.14. The molecule has 0 fully saturated rings. The number of hydrogen-bond acceptors (Lipinski definition) is 7. The first-order valence-electron chi connectivity index (χ1n) is 9.86. The van der Waals surface area contributed by atoms with E-state index in [1.165, 1.54) is 11.1 Å². The molecule has 2 N–H and O–H groups in total. The zero-order chi connectivity index (χ0) is 20.2. The lowest BCUT2D eigenvalue weighted by atomic mass is 10.0. The second-order valence-corrected chi connectivity index (χ2v) is 7.83. The highest BCUT2D eigenvalue weighted by atomic mass is 32.1. The Hall–Kier alpha value is -2.48. The molecule has 3 aromatic rings.